The minimum atomic E-state index is -3.83. The smallest absolute Gasteiger partial charge is 0.329 e. The van der Waals surface area contributed by atoms with E-state index in [1.54, 1.807) is 0 Å². The Morgan fingerprint density at radius 2 is 2.00 bits per heavy atom. The van der Waals surface area contributed by atoms with Gasteiger partial charge < -0.3 is 9.84 Å². The van der Waals surface area contributed by atoms with Crippen LogP contribution in [0.4, 0.5) is 0 Å². The zero-order chi connectivity index (χ0) is 11.2. The van der Waals surface area contributed by atoms with Gasteiger partial charge in [0.25, 0.3) is 0 Å². The van der Waals surface area contributed by atoms with Crippen molar-refractivity contribution >= 4 is 21.8 Å². The lowest BCUT2D eigenvalue weighted by atomic mass is 10.7. The van der Waals surface area contributed by atoms with Crippen molar-refractivity contribution in [2.75, 3.05) is 12.4 Å². The van der Waals surface area contributed by atoms with Crippen LogP contribution in [0.5, 0.6) is 0 Å². The molecule has 0 fully saturated rings. The van der Waals surface area contributed by atoms with Crippen LogP contribution in [0.2, 0.25) is 0 Å². The molecule has 14 heavy (non-hydrogen) atoms. The molecule has 0 radical (unpaired) electrons. The highest BCUT2D eigenvalue weighted by Crippen LogP contribution is 1.94. The van der Waals surface area contributed by atoms with Gasteiger partial charge >= 0.3 is 11.9 Å². The molecule has 0 atom stereocenters. The Bertz CT molecular complexity index is 339. The Balaban J connectivity index is 4.36. The molecule has 0 aliphatic rings. The molecule has 80 valence electrons. The van der Waals surface area contributed by atoms with Crippen LogP contribution >= 0.6 is 0 Å². The molecule has 0 bridgehead atoms. The first-order chi connectivity index (χ1) is 6.37. The molecule has 0 aromatic rings. The van der Waals surface area contributed by atoms with Crippen molar-refractivity contribution in [1.29, 1.82) is 0 Å². The SMILES string of the molecule is CCOC(=O)CS(=O)(=O)/C=C/C(=O)O. The van der Waals surface area contributed by atoms with E-state index in [9.17, 15) is 18.0 Å². The van der Waals surface area contributed by atoms with Crippen LogP contribution in [0.25, 0.3) is 0 Å². The number of rotatable bonds is 5. The Morgan fingerprint density at radius 1 is 1.43 bits per heavy atom. The van der Waals surface area contributed by atoms with Crippen LogP contribution in [0.15, 0.2) is 11.5 Å². The molecule has 6 nitrogen and oxygen atoms in total. The molecule has 0 aliphatic carbocycles. The number of carbonyl (C=O) groups excluding carboxylic acids is 1. The predicted octanol–water partition coefficient (Wildman–Crippen LogP) is -0.437. The fourth-order valence-electron chi connectivity index (χ4n) is 0.577. The summed E-state index contributed by atoms with van der Waals surface area (Å²) in [5.41, 5.74) is 0. The molecule has 0 heterocycles. The number of hydrogen-bond donors (Lipinski definition) is 1. The molecule has 0 aromatic carbocycles. The number of esters is 1. The quantitative estimate of drug-likeness (QED) is 0.500. The lowest BCUT2D eigenvalue weighted by Crippen LogP contribution is -2.16. The second kappa shape index (κ2) is 5.38. The molecule has 0 aliphatic heterocycles. The third-order valence-corrected chi connectivity index (χ3v) is 2.23. The lowest BCUT2D eigenvalue weighted by molar-refractivity contribution is -0.140. The number of aliphatic carboxylic acids is 1. The van der Waals surface area contributed by atoms with Gasteiger partial charge in [-0.15, -0.1) is 0 Å². The highest BCUT2D eigenvalue weighted by Gasteiger charge is 2.14. The Morgan fingerprint density at radius 3 is 2.43 bits per heavy atom. The van der Waals surface area contributed by atoms with Gasteiger partial charge in [0, 0.05) is 11.5 Å². The van der Waals surface area contributed by atoms with Gasteiger partial charge in [0.15, 0.2) is 15.6 Å². The summed E-state index contributed by atoms with van der Waals surface area (Å²) in [6.45, 7) is 1.62. The first kappa shape index (κ1) is 12.6. The molecule has 0 amide bonds. The summed E-state index contributed by atoms with van der Waals surface area (Å²) < 4.78 is 26.3. The van der Waals surface area contributed by atoms with Gasteiger partial charge in [-0.25, -0.2) is 13.2 Å². The maximum Gasteiger partial charge on any atom is 0.329 e. The fourth-order valence-corrected chi connectivity index (χ4v) is 1.41. The molecule has 0 aromatic heterocycles. The molecule has 7 heteroatoms. The number of carboxylic acids is 1. The van der Waals surface area contributed by atoms with Crippen molar-refractivity contribution in [2.45, 2.75) is 6.92 Å². The summed E-state index contributed by atoms with van der Waals surface area (Å²) in [6.07, 6.45) is 0.453. The van der Waals surface area contributed by atoms with E-state index >= 15 is 0 Å². The molecule has 0 rings (SSSR count). The van der Waals surface area contributed by atoms with Crippen molar-refractivity contribution in [1.82, 2.24) is 0 Å². The minimum Gasteiger partial charge on any atom is -0.478 e. The van der Waals surface area contributed by atoms with Crippen molar-refractivity contribution in [3.8, 4) is 0 Å². The summed E-state index contributed by atoms with van der Waals surface area (Å²) in [7, 11) is -3.83. The van der Waals surface area contributed by atoms with Crippen LogP contribution in [-0.4, -0.2) is 37.8 Å². The average Bonchev–Trinajstić information content (AvgIpc) is 2.00. The minimum absolute atomic E-state index is 0.0804. The van der Waals surface area contributed by atoms with E-state index in [0.29, 0.717) is 11.5 Å². The van der Waals surface area contributed by atoms with Crippen LogP contribution in [0.3, 0.4) is 0 Å². The summed E-state index contributed by atoms with van der Waals surface area (Å²) in [5, 5.41) is 8.61. The van der Waals surface area contributed by atoms with E-state index in [-0.39, 0.29) is 6.61 Å². The van der Waals surface area contributed by atoms with Gasteiger partial charge in [0.05, 0.1) is 6.61 Å². The van der Waals surface area contributed by atoms with Gasteiger partial charge in [-0.2, -0.15) is 0 Å². The number of carbonyl (C=O) groups is 2. The maximum atomic E-state index is 11.0. The number of hydrogen-bond acceptors (Lipinski definition) is 5. The topological polar surface area (TPSA) is 97.7 Å². The molecular formula is C7H10O6S. The predicted molar refractivity (Wildman–Crippen MR) is 47.2 cm³/mol. The Hall–Kier alpha value is -1.37. The average molecular weight is 222 g/mol. The molecular weight excluding hydrogens is 212 g/mol. The number of sulfone groups is 1. The van der Waals surface area contributed by atoms with E-state index in [4.69, 9.17) is 5.11 Å². The molecule has 0 unspecified atom stereocenters. The van der Waals surface area contributed by atoms with Crippen molar-refractivity contribution in [3.05, 3.63) is 11.5 Å². The summed E-state index contributed by atoms with van der Waals surface area (Å²) in [6, 6.07) is 0. The van der Waals surface area contributed by atoms with Gasteiger partial charge in [0.1, 0.15) is 0 Å². The number of ether oxygens (including phenoxy) is 1. The first-order valence-electron chi connectivity index (χ1n) is 3.67. The summed E-state index contributed by atoms with van der Waals surface area (Å²) in [4.78, 5) is 20.7. The van der Waals surface area contributed by atoms with Crippen LogP contribution in [-0.2, 0) is 24.2 Å². The van der Waals surface area contributed by atoms with Gasteiger partial charge in [-0.05, 0) is 6.92 Å². The monoisotopic (exact) mass is 222 g/mol. The maximum absolute atomic E-state index is 11.0. The first-order valence-corrected chi connectivity index (χ1v) is 5.38. The van der Waals surface area contributed by atoms with Crippen molar-refractivity contribution < 1.29 is 27.9 Å². The van der Waals surface area contributed by atoms with E-state index in [0.717, 1.165) is 0 Å². The second-order valence-electron chi connectivity index (χ2n) is 2.25. The second-order valence-corrected chi connectivity index (χ2v) is 4.14. The van der Waals surface area contributed by atoms with E-state index in [1.807, 2.05) is 0 Å². The molecule has 0 saturated heterocycles. The molecule has 1 N–H and O–H groups in total. The summed E-state index contributed by atoms with van der Waals surface area (Å²) >= 11 is 0. The van der Waals surface area contributed by atoms with E-state index in [2.05, 4.69) is 4.74 Å². The highest BCUT2D eigenvalue weighted by molar-refractivity contribution is 7.94. The van der Waals surface area contributed by atoms with Crippen molar-refractivity contribution in [2.24, 2.45) is 0 Å². The Labute approximate surface area is 81.1 Å². The standard InChI is InChI=1S/C7H10O6S/c1-2-13-7(10)5-14(11,12)4-3-6(8)9/h3-4H,2,5H2,1H3,(H,8,9)/b4-3+. The number of carboxylic acid groups (broad SMARTS) is 1. The third-order valence-electron chi connectivity index (χ3n) is 1.04. The fraction of sp³-hybridized carbons (Fsp3) is 0.429. The highest BCUT2D eigenvalue weighted by atomic mass is 32.2. The molecule has 0 spiro atoms. The normalized spacial score (nSPS) is 11.5. The van der Waals surface area contributed by atoms with Crippen LogP contribution in [0.1, 0.15) is 6.92 Å². The van der Waals surface area contributed by atoms with Gasteiger partial charge in [0.2, 0.25) is 0 Å². The third kappa shape index (κ3) is 6.18. The molecule has 0 saturated carbocycles. The van der Waals surface area contributed by atoms with Gasteiger partial charge in [-0.3, -0.25) is 4.79 Å². The van der Waals surface area contributed by atoms with E-state index in [1.165, 1.54) is 6.92 Å². The zero-order valence-corrected chi connectivity index (χ0v) is 8.28. The van der Waals surface area contributed by atoms with Crippen molar-refractivity contribution in [3.63, 3.8) is 0 Å². The van der Waals surface area contributed by atoms with E-state index < -0.39 is 27.5 Å². The lowest BCUT2D eigenvalue weighted by Gasteiger charge is -1.99. The Kier molecular flexibility index (Phi) is 4.85. The van der Waals surface area contributed by atoms with Crippen LogP contribution in [0, 0.1) is 0 Å². The summed E-state index contributed by atoms with van der Waals surface area (Å²) in [5.74, 6) is -3.13. The zero-order valence-electron chi connectivity index (χ0n) is 7.47. The van der Waals surface area contributed by atoms with Gasteiger partial charge in [-0.1, -0.05) is 0 Å². The largest absolute Gasteiger partial charge is 0.478 e. The van der Waals surface area contributed by atoms with Crippen LogP contribution < -0.4 is 0 Å².